The standard InChI is InChI=1S/C20H23N3O4/c1-11(18(24)23-20(26)21-13-7-8-13)27-19(25)12-6-9-17-15(10-12)14-4-2-3-5-16(14)22-17/h6,9-11,13,22H,2-5,7-8H2,1H3,(H2,21,23,24,26). The number of hydrogen-bond donors (Lipinski definition) is 3. The van der Waals surface area contributed by atoms with E-state index in [4.69, 9.17) is 4.74 Å². The molecule has 2 aliphatic carbocycles. The molecule has 7 heteroatoms. The number of carbonyl (C=O) groups excluding carboxylic acids is 3. The van der Waals surface area contributed by atoms with E-state index in [-0.39, 0.29) is 6.04 Å². The highest BCUT2D eigenvalue weighted by Gasteiger charge is 2.26. The van der Waals surface area contributed by atoms with Gasteiger partial charge < -0.3 is 15.0 Å². The topological polar surface area (TPSA) is 100 Å². The summed E-state index contributed by atoms with van der Waals surface area (Å²) in [5.41, 5.74) is 3.93. The van der Waals surface area contributed by atoms with Gasteiger partial charge in [0.05, 0.1) is 5.56 Å². The van der Waals surface area contributed by atoms with Crippen molar-refractivity contribution in [2.75, 3.05) is 0 Å². The minimum absolute atomic E-state index is 0.148. The molecular formula is C20H23N3O4. The molecule has 2 aromatic rings. The van der Waals surface area contributed by atoms with Gasteiger partial charge in [-0.3, -0.25) is 10.1 Å². The van der Waals surface area contributed by atoms with E-state index in [1.54, 1.807) is 6.07 Å². The highest BCUT2D eigenvalue weighted by Crippen LogP contribution is 2.29. The minimum atomic E-state index is -1.06. The van der Waals surface area contributed by atoms with Gasteiger partial charge in [0.2, 0.25) is 0 Å². The fourth-order valence-electron chi connectivity index (χ4n) is 3.48. The maximum Gasteiger partial charge on any atom is 0.338 e. The van der Waals surface area contributed by atoms with Crippen molar-refractivity contribution in [1.29, 1.82) is 0 Å². The smallest absolute Gasteiger partial charge is 0.338 e. The predicted octanol–water partition coefficient (Wildman–Crippen LogP) is 2.58. The fourth-order valence-corrected chi connectivity index (χ4v) is 3.48. The van der Waals surface area contributed by atoms with E-state index in [1.165, 1.54) is 24.6 Å². The van der Waals surface area contributed by atoms with Gasteiger partial charge >= 0.3 is 12.0 Å². The Morgan fingerprint density at radius 3 is 2.74 bits per heavy atom. The van der Waals surface area contributed by atoms with E-state index in [9.17, 15) is 14.4 Å². The van der Waals surface area contributed by atoms with Gasteiger partial charge in [0.1, 0.15) is 0 Å². The van der Waals surface area contributed by atoms with Gasteiger partial charge in [-0.15, -0.1) is 0 Å². The first kappa shape index (κ1) is 17.6. The first-order chi connectivity index (χ1) is 13.0. The van der Waals surface area contributed by atoms with E-state index >= 15 is 0 Å². The predicted molar refractivity (Wildman–Crippen MR) is 99.5 cm³/mol. The quantitative estimate of drug-likeness (QED) is 0.721. The Morgan fingerprint density at radius 2 is 1.96 bits per heavy atom. The van der Waals surface area contributed by atoms with E-state index < -0.39 is 24.0 Å². The number of rotatable bonds is 4. The van der Waals surface area contributed by atoms with Crippen LogP contribution in [0.25, 0.3) is 10.9 Å². The third-order valence-electron chi connectivity index (χ3n) is 5.14. The van der Waals surface area contributed by atoms with E-state index in [0.29, 0.717) is 5.56 Å². The molecule has 0 radical (unpaired) electrons. The normalized spacial score (nSPS) is 17.1. The molecular weight excluding hydrogens is 346 g/mol. The Labute approximate surface area is 156 Å². The number of fused-ring (bicyclic) bond motifs is 3. The Bertz CT molecular complexity index is 913. The summed E-state index contributed by atoms with van der Waals surface area (Å²) >= 11 is 0. The number of imide groups is 1. The molecule has 7 nitrogen and oxygen atoms in total. The summed E-state index contributed by atoms with van der Waals surface area (Å²) in [6.07, 6.45) is 5.16. The third kappa shape index (κ3) is 3.82. The average Bonchev–Trinajstić information content (AvgIpc) is 3.38. The van der Waals surface area contributed by atoms with E-state index in [2.05, 4.69) is 15.6 Å². The number of benzene rings is 1. The summed E-state index contributed by atoms with van der Waals surface area (Å²) in [5, 5.41) is 5.90. The van der Waals surface area contributed by atoms with Crippen molar-refractivity contribution < 1.29 is 19.1 Å². The van der Waals surface area contributed by atoms with Crippen molar-refractivity contribution >= 4 is 28.8 Å². The van der Waals surface area contributed by atoms with Crippen LogP contribution in [0.15, 0.2) is 18.2 Å². The Hall–Kier alpha value is -2.83. The molecule has 1 heterocycles. The van der Waals surface area contributed by atoms with Crippen molar-refractivity contribution in [3.63, 3.8) is 0 Å². The summed E-state index contributed by atoms with van der Waals surface area (Å²) in [6, 6.07) is 4.98. The molecule has 1 aromatic carbocycles. The lowest BCUT2D eigenvalue weighted by Gasteiger charge is -2.13. The largest absolute Gasteiger partial charge is 0.449 e. The molecule has 1 saturated carbocycles. The molecule has 0 bridgehead atoms. The highest BCUT2D eigenvalue weighted by molar-refractivity contribution is 6.00. The summed E-state index contributed by atoms with van der Waals surface area (Å²) in [6.45, 7) is 1.45. The Morgan fingerprint density at radius 1 is 1.19 bits per heavy atom. The van der Waals surface area contributed by atoms with Crippen LogP contribution in [0.3, 0.4) is 0 Å². The zero-order valence-electron chi connectivity index (χ0n) is 15.3. The van der Waals surface area contributed by atoms with Gasteiger partial charge in [0.25, 0.3) is 5.91 Å². The second-order valence-corrected chi connectivity index (χ2v) is 7.33. The summed E-state index contributed by atoms with van der Waals surface area (Å²) < 4.78 is 5.25. The average molecular weight is 369 g/mol. The van der Waals surface area contributed by atoms with Crippen LogP contribution in [0.5, 0.6) is 0 Å². The van der Waals surface area contributed by atoms with Gasteiger partial charge in [-0.2, -0.15) is 0 Å². The molecule has 0 spiro atoms. The van der Waals surface area contributed by atoms with Crippen molar-refractivity contribution in [1.82, 2.24) is 15.6 Å². The minimum Gasteiger partial charge on any atom is -0.449 e. The number of aromatic amines is 1. The van der Waals surface area contributed by atoms with Crippen molar-refractivity contribution in [3.8, 4) is 0 Å². The molecule has 27 heavy (non-hydrogen) atoms. The number of carbonyl (C=O) groups is 3. The van der Waals surface area contributed by atoms with E-state index in [1.807, 2.05) is 12.1 Å². The summed E-state index contributed by atoms with van der Waals surface area (Å²) in [4.78, 5) is 39.5. The molecule has 1 atom stereocenters. The van der Waals surface area contributed by atoms with Crippen LogP contribution in [-0.2, 0) is 22.4 Å². The zero-order valence-corrected chi connectivity index (χ0v) is 15.3. The summed E-state index contributed by atoms with van der Waals surface area (Å²) in [5.74, 6) is -1.21. The zero-order chi connectivity index (χ0) is 19.0. The van der Waals surface area contributed by atoms with Gasteiger partial charge in [-0.25, -0.2) is 9.59 Å². The van der Waals surface area contributed by atoms with Gasteiger partial charge in [0.15, 0.2) is 6.10 Å². The van der Waals surface area contributed by atoms with Crippen LogP contribution in [0.2, 0.25) is 0 Å². The molecule has 1 fully saturated rings. The van der Waals surface area contributed by atoms with Crippen LogP contribution in [-0.4, -0.2) is 35.0 Å². The van der Waals surface area contributed by atoms with Crippen molar-refractivity contribution in [2.45, 2.75) is 57.6 Å². The number of H-pyrrole nitrogens is 1. The number of aromatic nitrogens is 1. The molecule has 1 aromatic heterocycles. The monoisotopic (exact) mass is 369 g/mol. The second kappa shape index (κ2) is 7.06. The summed E-state index contributed by atoms with van der Waals surface area (Å²) in [7, 11) is 0. The SMILES string of the molecule is CC(OC(=O)c1ccc2[nH]c3c(c2c1)CCCC3)C(=O)NC(=O)NC1CC1. The first-order valence-corrected chi connectivity index (χ1v) is 9.47. The lowest BCUT2D eigenvalue weighted by Crippen LogP contribution is -2.45. The third-order valence-corrected chi connectivity index (χ3v) is 5.14. The molecule has 1 unspecified atom stereocenters. The molecule has 142 valence electrons. The maximum absolute atomic E-state index is 12.5. The number of ether oxygens (including phenoxy) is 1. The molecule has 0 aliphatic heterocycles. The molecule has 4 rings (SSSR count). The molecule has 2 aliphatic rings. The number of hydrogen-bond acceptors (Lipinski definition) is 4. The second-order valence-electron chi connectivity index (χ2n) is 7.33. The van der Waals surface area contributed by atoms with Gasteiger partial charge in [-0.05, 0) is 69.2 Å². The number of urea groups is 1. The van der Waals surface area contributed by atoms with Crippen LogP contribution in [0, 0.1) is 0 Å². The Kier molecular flexibility index (Phi) is 4.59. The number of aryl methyl sites for hydroxylation is 2. The van der Waals surface area contributed by atoms with Crippen molar-refractivity contribution in [2.24, 2.45) is 0 Å². The Balaban J connectivity index is 1.42. The van der Waals surface area contributed by atoms with Crippen LogP contribution in [0.1, 0.15) is 54.2 Å². The van der Waals surface area contributed by atoms with Crippen LogP contribution in [0.4, 0.5) is 4.79 Å². The number of esters is 1. The maximum atomic E-state index is 12.5. The number of amides is 3. The van der Waals surface area contributed by atoms with Crippen LogP contribution >= 0.6 is 0 Å². The van der Waals surface area contributed by atoms with Crippen LogP contribution < -0.4 is 10.6 Å². The highest BCUT2D eigenvalue weighted by atomic mass is 16.5. The molecule has 0 saturated heterocycles. The van der Waals surface area contributed by atoms with Gasteiger partial charge in [-0.1, -0.05) is 0 Å². The lowest BCUT2D eigenvalue weighted by molar-refractivity contribution is -0.127. The van der Waals surface area contributed by atoms with Crippen molar-refractivity contribution in [3.05, 3.63) is 35.0 Å². The molecule has 3 N–H and O–H groups in total. The fraction of sp³-hybridized carbons (Fsp3) is 0.450. The van der Waals surface area contributed by atoms with E-state index in [0.717, 1.165) is 43.0 Å². The first-order valence-electron chi connectivity index (χ1n) is 9.47. The number of nitrogens with one attached hydrogen (secondary N) is 3. The van der Waals surface area contributed by atoms with Gasteiger partial charge in [0, 0.05) is 22.6 Å². The molecule has 3 amide bonds. The lowest BCUT2D eigenvalue weighted by atomic mass is 9.95.